The summed E-state index contributed by atoms with van der Waals surface area (Å²) < 4.78 is 4.98. The number of aliphatic carboxylic acids is 1. The molecule has 0 fully saturated rings. The molecule has 1 amide bonds. The number of hydrogen-bond donors (Lipinski definition) is 1. The van der Waals surface area contributed by atoms with Crippen molar-refractivity contribution in [3.05, 3.63) is 30.3 Å². The number of carbonyl (C=O) groups excluding carboxylic acids is 1. The fraction of sp³-hybridized carbons (Fsp3) is 0.385. The Hall–Kier alpha value is -1.88. The molecular weight excluding hydrogens is 234 g/mol. The molecule has 0 radical (unpaired) electrons. The van der Waals surface area contributed by atoms with Crippen LogP contribution in [0.1, 0.15) is 13.8 Å². The predicted octanol–water partition coefficient (Wildman–Crippen LogP) is 1.53. The van der Waals surface area contributed by atoms with Gasteiger partial charge in [-0.15, -0.1) is 0 Å². The summed E-state index contributed by atoms with van der Waals surface area (Å²) in [4.78, 5) is 24.0. The molecule has 1 rings (SSSR count). The number of carboxylic acids is 1. The monoisotopic (exact) mass is 251 g/mol. The van der Waals surface area contributed by atoms with Crippen LogP contribution in [0, 0.1) is 0 Å². The number of nitrogens with zero attached hydrogens (tertiary/aromatic N) is 1. The number of rotatable bonds is 6. The topological polar surface area (TPSA) is 66.8 Å². The molecule has 1 N–H and O–H groups in total. The Bertz CT molecular complexity index is 405. The Morgan fingerprint density at radius 1 is 1.33 bits per heavy atom. The van der Waals surface area contributed by atoms with E-state index in [9.17, 15) is 9.59 Å². The molecule has 0 spiro atoms. The van der Waals surface area contributed by atoms with Crippen LogP contribution in [0.15, 0.2) is 30.3 Å². The van der Waals surface area contributed by atoms with Gasteiger partial charge < -0.3 is 14.7 Å². The number of anilines is 1. The third kappa shape index (κ3) is 3.85. The van der Waals surface area contributed by atoms with Gasteiger partial charge in [-0.25, -0.2) is 4.79 Å². The Kier molecular flexibility index (Phi) is 5.32. The number of benzene rings is 1. The second kappa shape index (κ2) is 6.76. The van der Waals surface area contributed by atoms with Crippen molar-refractivity contribution in [2.24, 2.45) is 0 Å². The van der Waals surface area contributed by atoms with Crippen molar-refractivity contribution in [1.29, 1.82) is 0 Å². The third-order valence-corrected chi connectivity index (χ3v) is 2.49. The summed E-state index contributed by atoms with van der Waals surface area (Å²) >= 11 is 0. The van der Waals surface area contributed by atoms with E-state index in [2.05, 4.69) is 0 Å². The van der Waals surface area contributed by atoms with Crippen LogP contribution in [0.4, 0.5) is 5.69 Å². The van der Waals surface area contributed by atoms with E-state index >= 15 is 0 Å². The lowest BCUT2D eigenvalue weighted by molar-refractivity contribution is -0.150. The highest BCUT2D eigenvalue weighted by Crippen LogP contribution is 2.13. The van der Waals surface area contributed by atoms with Crippen LogP contribution in [0.5, 0.6) is 0 Å². The Morgan fingerprint density at radius 2 is 1.94 bits per heavy atom. The van der Waals surface area contributed by atoms with E-state index in [0.29, 0.717) is 6.54 Å². The van der Waals surface area contributed by atoms with E-state index in [4.69, 9.17) is 9.84 Å². The zero-order valence-corrected chi connectivity index (χ0v) is 10.5. The number of carboxylic acid groups (broad SMARTS) is 1. The van der Waals surface area contributed by atoms with Gasteiger partial charge in [0.25, 0.3) is 5.91 Å². The van der Waals surface area contributed by atoms with Gasteiger partial charge in [0.15, 0.2) is 6.10 Å². The number of amides is 1. The lowest BCUT2D eigenvalue weighted by atomic mass is 10.3. The van der Waals surface area contributed by atoms with Crippen LogP contribution >= 0.6 is 0 Å². The number of hydrogen-bond acceptors (Lipinski definition) is 3. The molecule has 1 aromatic carbocycles. The third-order valence-electron chi connectivity index (χ3n) is 2.49. The summed E-state index contributed by atoms with van der Waals surface area (Å²) in [5, 5.41) is 8.66. The van der Waals surface area contributed by atoms with Crippen molar-refractivity contribution in [3.8, 4) is 0 Å². The van der Waals surface area contributed by atoms with Crippen molar-refractivity contribution in [2.45, 2.75) is 20.0 Å². The molecule has 0 aliphatic heterocycles. The lowest BCUT2D eigenvalue weighted by Gasteiger charge is -2.21. The molecule has 0 saturated carbocycles. The summed E-state index contributed by atoms with van der Waals surface area (Å²) in [6, 6.07) is 9.19. The van der Waals surface area contributed by atoms with Crippen molar-refractivity contribution >= 4 is 17.6 Å². The summed E-state index contributed by atoms with van der Waals surface area (Å²) in [7, 11) is 0. The second-order valence-electron chi connectivity index (χ2n) is 3.77. The van der Waals surface area contributed by atoms with E-state index in [1.807, 2.05) is 37.3 Å². The van der Waals surface area contributed by atoms with Gasteiger partial charge in [-0.3, -0.25) is 4.79 Å². The van der Waals surface area contributed by atoms with Crippen LogP contribution in [-0.4, -0.2) is 36.2 Å². The first-order valence-corrected chi connectivity index (χ1v) is 5.76. The van der Waals surface area contributed by atoms with Crippen LogP contribution < -0.4 is 4.90 Å². The number of ether oxygens (including phenoxy) is 1. The SMILES string of the molecule is CCN(C(=O)COC(C)C(=O)O)c1ccccc1. The summed E-state index contributed by atoms with van der Waals surface area (Å²) in [6.07, 6.45) is -0.983. The van der Waals surface area contributed by atoms with E-state index < -0.39 is 12.1 Å². The average molecular weight is 251 g/mol. The molecule has 0 aliphatic carbocycles. The van der Waals surface area contributed by atoms with E-state index in [-0.39, 0.29) is 12.5 Å². The van der Waals surface area contributed by atoms with Gasteiger partial charge >= 0.3 is 5.97 Å². The maximum atomic E-state index is 11.9. The van der Waals surface area contributed by atoms with E-state index in [1.54, 1.807) is 4.90 Å². The van der Waals surface area contributed by atoms with Gasteiger partial charge in [0.1, 0.15) is 6.61 Å². The molecule has 1 aromatic rings. The molecular formula is C13H17NO4. The molecule has 0 saturated heterocycles. The van der Waals surface area contributed by atoms with Crippen LogP contribution in [0.3, 0.4) is 0 Å². The Morgan fingerprint density at radius 3 is 2.44 bits per heavy atom. The van der Waals surface area contributed by atoms with Crippen molar-refractivity contribution in [2.75, 3.05) is 18.1 Å². The molecule has 1 unspecified atom stereocenters. The molecule has 0 aromatic heterocycles. The molecule has 5 heteroatoms. The highest BCUT2D eigenvalue weighted by Gasteiger charge is 2.17. The van der Waals surface area contributed by atoms with E-state index in [1.165, 1.54) is 6.92 Å². The first-order chi connectivity index (χ1) is 8.56. The molecule has 0 bridgehead atoms. The van der Waals surface area contributed by atoms with Gasteiger partial charge in [-0.2, -0.15) is 0 Å². The quantitative estimate of drug-likeness (QED) is 0.832. The molecule has 0 aliphatic rings. The van der Waals surface area contributed by atoms with Gasteiger partial charge in [0, 0.05) is 12.2 Å². The molecule has 1 atom stereocenters. The normalized spacial score (nSPS) is 11.9. The highest BCUT2D eigenvalue weighted by molar-refractivity contribution is 5.94. The van der Waals surface area contributed by atoms with Crippen LogP contribution in [-0.2, 0) is 14.3 Å². The summed E-state index contributed by atoms with van der Waals surface area (Å²) in [6.45, 7) is 3.52. The first kappa shape index (κ1) is 14.2. The zero-order valence-electron chi connectivity index (χ0n) is 10.5. The fourth-order valence-electron chi connectivity index (χ4n) is 1.46. The number of carbonyl (C=O) groups is 2. The minimum atomic E-state index is -1.08. The molecule has 98 valence electrons. The minimum Gasteiger partial charge on any atom is -0.479 e. The van der Waals surface area contributed by atoms with Crippen molar-refractivity contribution in [3.63, 3.8) is 0 Å². The maximum Gasteiger partial charge on any atom is 0.332 e. The van der Waals surface area contributed by atoms with Gasteiger partial charge in [-0.1, -0.05) is 18.2 Å². The van der Waals surface area contributed by atoms with Crippen molar-refractivity contribution in [1.82, 2.24) is 0 Å². The van der Waals surface area contributed by atoms with Gasteiger partial charge in [-0.05, 0) is 26.0 Å². The zero-order chi connectivity index (χ0) is 13.5. The minimum absolute atomic E-state index is 0.240. The Labute approximate surface area is 106 Å². The number of para-hydroxylation sites is 1. The van der Waals surface area contributed by atoms with Gasteiger partial charge in [0.05, 0.1) is 0 Å². The van der Waals surface area contributed by atoms with Crippen LogP contribution in [0.2, 0.25) is 0 Å². The smallest absolute Gasteiger partial charge is 0.332 e. The predicted molar refractivity (Wildman–Crippen MR) is 67.5 cm³/mol. The maximum absolute atomic E-state index is 11.9. The molecule has 0 heterocycles. The lowest BCUT2D eigenvalue weighted by Crippen LogP contribution is -2.35. The Balaban J connectivity index is 2.61. The summed E-state index contributed by atoms with van der Waals surface area (Å²) in [5.74, 6) is -1.33. The fourth-order valence-corrected chi connectivity index (χ4v) is 1.46. The standard InChI is InChI=1S/C13H17NO4/c1-3-14(11-7-5-4-6-8-11)12(15)9-18-10(2)13(16)17/h4-8,10H,3,9H2,1-2H3,(H,16,17). The van der Waals surface area contributed by atoms with E-state index in [0.717, 1.165) is 5.69 Å². The number of likely N-dealkylation sites (N-methyl/N-ethyl adjacent to an activating group) is 1. The second-order valence-corrected chi connectivity index (χ2v) is 3.77. The van der Waals surface area contributed by atoms with Crippen LogP contribution in [0.25, 0.3) is 0 Å². The first-order valence-electron chi connectivity index (χ1n) is 5.76. The molecule has 5 nitrogen and oxygen atoms in total. The largest absolute Gasteiger partial charge is 0.479 e. The van der Waals surface area contributed by atoms with Gasteiger partial charge in [0.2, 0.25) is 0 Å². The highest BCUT2D eigenvalue weighted by atomic mass is 16.5. The summed E-state index contributed by atoms with van der Waals surface area (Å²) in [5.41, 5.74) is 0.775. The van der Waals surface area contributed by atoms with Crippen molar-refractivity contribution < 1.29 is 19.4 Å². The average Bonchev–Trinajstić information content (AvgIpc) is 2.38. The molecule has 18 heavy (non-hydrogen) atoms.